The van der Waals surface area contributed by atoms with Gasteiger partial charge in [0.1, 0.15) is 0 Å². The van der Waals surface area contributed by atoms with Crippen LogP contribution in [0.15, 0.2) is 23.3 Å². The Balaban J connectivity index is 1.48. The first kappa shape index (κ1) is 12.0. The molecule has 21 heavy (non-hydrogen) atoms. The maximum atomic E-state index is 4.58. The van der Waals surface area contributed by atoms with Crippen LogP contribution >= 0.6 is 0 Å². The van der Waals surface area contributed by atoms with Gasteiger partial charge in [-0.1, -0.05) is 23.3 Å². The Kier molecular flexibility index (Phi) is 2.20. The third-order valence-corrected chi connectivity index (χ3v) is 8.51. The van der Waals surface area contributed by atoms with Gasteiger partial charge < -0.3 is 0 Å². The van der Waals surface area contributed by atoms with Crippen molar-refractivity contribution in [3.05, 3.63) is 23.3 Å². The highest BCUT2D eigenvalue weighted by atomic mass is 14.6. The lowest BCUT2D eigenvalue weighted by Crippen LogP contribution is -2.46. The molecule has 0 saturated heterocycles. The molecular formula is C21H28. The van der Waals surface area contributed by atoms with Crippen molar-refractivity contribution in [3.63, 3.8) is 0 Å². The highest BCUT2D eigenvalue weighted by molar-refractivity contribution is 5.39. The van der Waals surface area contributed by atoms with Gasteiger partial charge in [-0.05, 0) is 99.2 Å². The fraction of sp³-hybridized carbons (Fsp3) is 0.810. The minimum Gasteiger partial charge on any atom is -0.0990 e. The molecule has 0 nitrogen and oxygen atoms in total. The summed E-state index contributed by atoms with van der Waals surface area (Å²) in [5.41, 5.74) is 5.71. The zero-order chi connectivity index (χ0) is 13.7. The summed E-state index contributed by atoms with van der Waals surface area (Å²) in [6, 6.07) is 0. The lowest BCUT2D eigenvalue weighted by atomic mass is 9.47. The number of hydrogen-bond acceptors (Lipinski definition) is 0. The van der Waals surface area contributed by atoms with Crippen LogP contribution in [-0.2, 0) is 0 Å². The summed E-state index contributed by atoms with van der Waals surface area (Å²) < 4.78 is 0. The molecule has 0 heteroatoms. The van der Waals surface area contributed by atoms with Crippen molar-refractivity contribution in [2.24, 2.45) is 47.3 Å². The summed E-state index contributed by atoms with van der Waals surface area (Å²) in [6.07, 6.45) is 13.8. The second-order valence-corrected chi connectivity index (χ2v) is 9.55. The van der Waals surface area contributed by atoms with E-state index in [1.165, 1.54) is 19.3 Å². The topological polar surface area (TPSA) is 0 Å². The SMILES string of the molecule is C=C1[C@@H]2C[C@H]3C[C@@H](C2)C(=C2C4CC5CC(C4)CC2C5)[C@@H]1C3. The van der Waals surface area contributed by atoms with E-state index in [4.69, 9.17) is 0 Å². The first-order valence-corrected chi connectivity index (χ1v) is 9.68. The summed E-state index contributed by atoms with van der Waals surface area (Å²) in [7, 11) is 0. The molecule has 8 aliphatic rings. The first-order chi connectivity index (χ1) is 10.3. The summed E-state index contributed by atoms with van der Waals surface area (Å²) in [4.78, 5) is 0. The van der Waals surface area contributed by atoms with Crippen molar-refractivity contribution in [2.45, 2.75) is 57.8 Å². The maximum Gasteiger partial charge on any atom is 0.00153 e. The van der Waals surface area contributed by atoms with Crippen LogP contribution in [-0.4, -0.2) is 0 Å². The molecule has 0 aromatic carbocycles. The van der Waals surface area contributed by atoms with Gasteiger partial charge in [-0.2, -0.15) is 0 Å². The fourth-order valence-electron chi connectivity index (χ4n) is 8.17. The standard InChI is InChI=1S/C21H28/c1-11-15-3-14-8-18(10-15)21(19(11)9-14)20-16-4-12-2-13(6-16)7-17(20)5-12/h12-19H,1-10H2/t12?,13?,14-,15+,16?,17?,18-,19+/m0/s1. The molecule has 0 aromatic heterocycles. The van der Waals surface area contributed by atoms with Crippen molar-refractivity contribution < 1.29 is 0 Å². The molecule has 0 N–H and O–H groups in total. The Morgan fingerprint density at radius 1 is 0.524 bits per heavy atom. The number of allylic oxidation sites excluding steroid dienone is 3. The molecule has 0 heterocycles. The van der Waals surface area contributed by atoms with E-state index in [0.29, 0.717) is 0 Å². The van der Waals surface area contributed by atoms with Gasteiger partial charge in [0, 0.05) is 5.92 Å². The van der Waals surface area contributed by atoms with Gasteiger partial charge in [0.15, 0.2) is 0 Å². The van der Waals surface area contributed by atoms with E-state index in [1.807, 2.05) is 11.1 Å². The molecule has 0 aliphatic heterocycles. The maximum absolute atomic E-state index is 4.58. The Hall–Kier alpha value is -0.520. The average Bonchev–Trinajstić information content (AvgIpc) is 2.45. The van der Waals surface area contributed by atoms with Crippen molar-refractivity contribution in [3.8, 4) is 0 Å². The summed E-state index contributed by atoms with van der Waals surface area (Å²) >= 11 is 0. The zero-order valence-corrected chi connectivity index (χ0v) is 13.2. The van der Waals surface area contributed by atoms with Gasteiger partial charge in [0.2, 0.25) is 0 Å². The highest BCUT2D eigenvalue weighted by Crippen LogP contribution is 2.64. The third-order valence-electron chi connectivity index (χ3n) is 8.51. The van der Waals surface area contributed by atoms with E-state index in [2.05, 4.69) is 6.58 Å². The van der Waals surface area contributed by atoms with Gasteiger partial charge in [-0.15, -0.1) is 0 Å². The molecule has 0 amide bonds. The Bertz CT molecular complexity index is 520. The molecule has 0 spiro atoms. The second kappa shape index (κ2) is 3.87. The molecule has 112 valence electrons. The minimum atomic E-state index is 0.841. The third kappa shape index (κ3) is 1.48. The van der Waals surface area contributed by atoms with Crippen molar-refractivity contribution in [2.75, 3.05) is 0 Å². The lowest BCUT2D eigenvalue weighted by Gasteiger charge is -2.58. The van der Waals surface area contributed by atoms with Crippen LogP contribution in [0.25, 0.3) is 0 Å². The summed E-state index contributed by atoms with van der Waals surface area (Å²) in [5, 5.41) is 0. The molecule has 4 atom stereocenters. The van der Waals surface area contributed by atoms with E-state index in [9.17, 15) is 0 Å². The first-order valence-electron chi connectivity index (χ1n) is 9.68. The smallest absolute Gasteiger partial charge is 0.00153 e. The molecule has 0 unspecified atom stereocenters. The van der Waals surface area contributed by atoms with E-state index in [0.717, 1.165) is 47.3 Å². The molecule has 8 fully saturated rings. The quantitative estimate of drug-likeness (QED) is 0.524. The van der Waals surface area contributed by atoms with Gasteiger partial charge in [-0.3, -0.25) is 0 Å². The normalized spacial score (nSPS) is 56.7. The minimum absolute atomic E-state index is 0.841. The van der Waals surface area contributed by atoms with Crippen LogP contribution in [0.2, 0.25) is 0 Å². The van der Waals surface area contributed by atoms with Gasteiger partial charge in [0.05, 0.1) is 0 Å². The zero-order valence-electron chi connectivity index (χ0n) is 13.2. The van der Waals surface area contributed by atoms with Crippen LogP contribution < -0.4 is 0 Å². The van der Waals surface area contributed by atoms with Crippen LogP contribution in [0.4, 0.5) is 0 Å². The van der Waals surface area contributed by atoms with Gasteiger partial charge in [0.25, 0.3) is 0 Å². The summed E-state index contributed by atoms with van der Waals surface area (Å²) in [5.74, 6) is 8.05. The predicted molar refractivity (Wildman–Crippen MR) is 85.6 cm³/mol. The van der Waals surface area contributed by atoms with Crippen LogP contribution in [0.3, 0.4) is 0 Å². The molecule has 0 aromatic rings. The highest BCUT2D eigenvalue weighted by Gasteiger charge is 2.52. The molecule has 8 aliphatic carbocycles. The van der Waals surface area contributed by atoms with Crippen molar-refractivity contribution in [1.82, 2.24) is 0 Å². The fourth-order valence-corrected chi connectivity index (χ4v) is 8.17. The average molecular weight is 280 g/mol. The Morgan fingerprint density at radius 3 is 1.71 bits per heavy atom. The monoisotopic (exact) mass is 280 g/mol. The van der Waals surface area contributed by atoms with Crippen molar-refractivity contribution >= 4 is 0 Å². The Labute approximate surface area is 129 Å². The second-order valence-electron chi connectivity index (χ2n) is 9.55. The van der Waals surface area contributed by atoms with Crippen LogP contribution in [0, 0.1) is 47.3 Å². The number of rotatable bonds is 0. The van der Waals surface area contributed by atoms with Crippen LogP contribution in [0.5, 0.6) is 0 Å². The van der Waals surface area contributed by atoms with E-state index < -0.39 is 0 Å². The van der Waals surface area contributed by atoms with Gasteiger partial charge >= 0.3 is 0 Å². The molecule has 8 rings (SSSR count). The van der Waals surface area contributed by atoms with Crippen molar-refractivity contribution in [1.29, 1.82) is 0 Å². The lowest BCUT2D eigenvalue weighted by molar-refractivity contribution is 0.0571. The summed E-state index contributed by atoms with van der Waals surface area (Å²) in [6.45, 7) is 4.58. The molecule has 8 bridgehead atoms. The predicted octanol–water partition coefficient (Wildman–Crippen LogP) is 5.36. The molecule has 8 saturated carbocycles. The van der Waals surface area contributed by atoms with E-state index >= 15 is 0 Å². The number of hydrogen-bond donors (Lipinski definition) is 0. The van der Waals surface area contributed by atoms with E-state index in [1.54, 1.807) is 44.1 Å². The molecular weight excluding hydrogens is 252 g/mol. The largest absolute Gasteiger partial charge is 0.0990 e. The van der Waals surface area contributed by atoms with E-state index in [-0.39, 0.29) is 0 Å². The van der Waals surface area contributed by atoms with Crippen LogP contribution in [0.1, 0.15) is 57.8 Å². The Morgan fingerprint density at radius 2 is 1.05 bits per heavy atom. The van der Waals surface area contributed by atoms with Gasteiger partial charge in [-0.25, -0.2) is 0 Å². The molecule has 0 radical (unpaired) electrons.